The molecule has 3 nitrogen and oxygen atoms in total. The molecule has 2 aromatic rings. The SMILES string of the molecule is Cc1nc(-c2cccc(Br)c2)nc(C)c1CCNC(C)C. The zero-order valence-electron chi connectivity index (χ0n) is 13.1. The first-order valence-electron chi connectivity index (χ1n) is 7.31. The normalized spacial score (nSPS) is 11.1. The standard InChI is InChI=1S/C17H22BrN3/c1-11(2)19-9-8-16-12(3)20-17(21-13(16)4)14-6-5-7-15(18)10-14/h5-7,10-11,19H,8-9H2,1-4H3. The van der Waals surface area contributed by atoms with Crippen molar-refractivity contribution in [3.8, 4) is 11.4 Å². The van der Waals surface area contributed by atoms with Gasteiger partial charge in [0.2, 0.25) is 0 Å². The minimum Gasteiger partial charge on any atom is -0.314 e. The van der Waals surface area contributed by atoms with Crippen molar-refractivity contribution in [2.24, 2.45) is 0 Å². The van der Waals surface area contributed by atoms with E-state index in [2.05, 4.69) is 58.9 Å². The van der Waals surface area contributed by atoms with Crippen LogP contribution in [0, 0.1) is 13.8 Å². The fourth-order valence-electron chi connectivity index (χ4n) is 2.34. The molecule has 2 rings (SSSR count). The molecule has 4 heteroatoms. The average Bonchev–Trinajstić information content (AvgIpc) is 2.41. The Kier molecular flexibility index (Phi) is 5.48. The number of benzene rings is 1. The monoisotopic (exact) mass is 347 g/mol. The Bertz CT molecular complexity index is 600. The minimum atomic E-state index is 0.507. The molecule has 0 aliphatic rings. The number of hydrogen-bond acceptors (Lipinski definition) is 3. The summed E-state index contributed by atoms with van der Waals surface area (Å²) in [5, 5.41) is 3.44. The third-order valence-corrected chi connectivity index (χ3v) is 3.92. The van der Waals surface area contributed by atoms with Crippen LogP contribution in [0.15, 0.2) is 28.7 Å². The van der Waals surface area contributed by atoms with Gasteiger partial charge in [-0.1, -0.05) is 41.9 Å². The van der Waals surface area contributed by atoms with Crippen molar-refractivity contribution in [1.29, 1.82) is 0 Å². The number of aryl methyl sites for hydroxylation is 2. The van der Waals surface area contributed by atoms with Crippen LogP contribution in [0.4, 0.5) is 0 Å². The summed E-state index contributed by atoms with van der Waals surface area (Å²) in [5.74, 6) is 0.798. The van der Waals surface area contributed by atoms with Crippen LogP contribution in [0.25, 0.3) is 11.4 Å². The van der Waals surface area contributed by atoms with Crippen LogP contribution in [0.1, 0.15) is 30.8 Å². The summed E-state index contributed by atoms with van der Waals surface area (Å²) in [4.78, 5) is 9.37. The molecular weight excluding hydrogens is 326 g/mol. The molecular formula is C17H22BrN3. The maximum atomic E-state index is 4.68. The maximum Gasteiger partial charge on any atom is 0.159 e. The minimum absolute atomic E-state index is 0.507. The molecule has 0 atom stereocenters. The Hall–Kier alpha value is -1.26. The summed E-state index contributed by atoms with van der Waals surface area (Å²) in [6.45, 7) is 9.42. The Morgan fingerprint density at radius 2 is 1.81 bits per heavy atom. The Morgan fingerprint density at radius 3 is 2.38 bits per heavy atom. The Balaban J connectivity index is 2.24. The van der Waals surface area contributed by atoms with Crippen LogP contribution in [0.5, 0.6) is 0 Å². The van der Waals surface area contributed by atoms with Gasteiger partial charge < -0.3 is 5.32 Å². The second-order valence-corrected chi connectivity index (χ2v) is 6.48. The van der Waals surface area contributed by atoms with E-state index in [-0.39, 0.29) is 0 Å². The average molecular weight is 348 g/mol. The fraction of sp³-hybridized carbons (Fsp3) is 0.412. The third kappa shape index (κ3) is 4.35. The molecule has 112 valence electrons. The van der Waals surface area contributed by atoms with Crippen LogP contribution in [0.3, 0.4) is 0 Å². The molecule has 0 fully saturated rings. The smallest absolute Gasteiger partial charge is 0.159 e. The van der Waals surface area contributed by atoms with Crippen LogP contribution < -0.4 is 5.32 Å². The van der Waals surface area contributed by atoms with Crippen molar-refractivity contribution in [2.75, 3.05) is 6.54 Å². The van der Waals surface area contributed by atoms with Crippen LogP contribution in [0.2, 0.25) is 0 Å². The van der Waals surface area contributed by atoms with E-state index >= 15 is 0 Å². The van der Waals surface area contributed by atoms with Gasteiger partial charge in [0.25, 0.3) is 0 Å². The number of halogens is 1. The highest BCUT2D eigenvalue weighted by atomic mass is 79.9. The van der Waals surface area contributed by atoms with Crippen LogP contribution in [-0.4, -0.2) is 22.6 Å². The van der Waals surface area contributed by atoms with E-state index in [1.165, 1.54) is 5.56 Å². The summed E-state index contributed by atoms with van der Waals surface area (Å²) in [5.41, 5.74) is 4.44. The molecule has 1 heterocycles. The number of rotatable bonds is 5. The van der Waals surface area contributed by atoms with E-state index in [0.29, 0.717) is 6.04 Å². The Labute approximate surface area is 135 Å². The van der Waals surface area contributed by atoms with Gasteiger partial charge in [0.1, 0.15) is 0 Å². The molecule has 1 aromatic heterocycles. The molecule has 0 aliphatic heterocycles. The second kappa shape index (κ2) is 7.14. The quantitative estimate of drug-likeness (QED) is 0.885. The first-order chi connectivity index (χ1) is 9.97. The lowest BCUT2D eigenvalue weighted by Gasteiger charge is -2.13. The van der Waals surface area contributed by atoms with Gasteiger partial charge in [-0.05, 0) is 44.5 Å². The van der Waals surface area contributed by atoms with E-state index in [1.807, 2.05) is 24.3 Å². The lowest BCUT2D eigenvalue weighted by molar-refractivity contribution is 0.588. The topological polar surface area (TPSA) is 37.8 Å². The molecule has 1 N–H and O–H groups in total. The van der Waals surface area contributed by atoms with Crippen LogP contribution in [-0.2, 0) is 6.42 Å². The molecule has 0 unspecified atom stereocenters. The first kappa shape index (κ1) is 16.1. The van der Waals surface area contributed by atoms with Crippen molar-refractivity contribution in [3.05, 3.63) is 45.7 Å². The van der Waals surface area contributed by atoms with E-state index in [1.54, 1.807) is 0 Å². The van der Waals surface area contributed by atoms with Gasteiger partial charge in [-0.3, -0.25) is 0 Å². The molecule has 21 heavy (non-hydrogen) atoms. The summed E-state index contributed by atoms with van der Waals surface area (Å²) in [6.07, 6.45) is 0.967. The number of aromatic nitrogens is 2. The highest BCUT2D eigenvalue weighted by molar-refractivity contribution is 9.10. The van der Waals surface area contributed by atoms with Gasteiger partial charge in [-0.15, -0.1) is 0 Å². The van der Waals surface area contributed by atoms with Crippen molar-refractivity contribution >= 4 is 15.9 Å². The van der Waals surface area contributed by atoms with Gasteiger partial charge in [0.05, 0.1) is 0 Å². The van der Waals surface area contributed by atoms with Gasteiger partial charge >= 0.3 is 0 Å². The molecule has 1 aromatic carbocycles. The third-order valence-electron chi connectivity index (χ3n) is 3.43. The molecule has 0 amide bonds. The van der Waals surface area contributed by atoms with Crippen LogP contribution >= 0.6 is 15.9 Å². The Morgan fingerprint density at radius 1 is 1.14 bits per heavy atom. The lowest BCUT2D eigenvalue weighted by atomic mass is 10.1. The molecule has 0 radical (unpaired) electrons. The summed E-state index contributed by atoms with van der Waals surface area (Å²) < 4.78 is 1.05. The summed E-state index contributed by atoms with van der Waals surface area (Å²) in [7, 11) is 0. The molecule has 0 saturated heterocycles. The van der Waals surface area contributed by atoms with E-state index in [4.69, 9.17) is 0 Å². The predicted molar refractivity (Wildman–Crippen MR) is 91.5 cm³/mol. The molecule has 0 spiro atoms. The zero-order chi connectivity index (χ0) is 15.4. The maximum absolute atomic E-state index is 4.68. The highest BCUT2D eigenvalue weighted by Crippen LogP contribution is 2.22. The fourth-order valence-corrected chi connectivity index (χ4v) is 2.74. The zero-order valence-corrected chi connectivity index (χ0v) is 14.7. The second-order valence-electron chi connectivity index (χ2n) is 5.57. The van der Waals surface area contributed by atoms with Gasteiger partial charge in [0, 0.05) is 27.5 Å². The summed E-state index contributed by atoms with van der Waals surface area (Å²) in [6, 6.07) is 8.61. The molecule has 0 aliphatic carbocycles. The van der Waals surface area contributed by atoms with Gasteiger partial charge in [0.15, 0.2) is 5.82 Å². The van der Waals surface area contributed by atoms with Crippen molar-refractivity contribution in [2.45, 2.75) is 40.2 Å². The number of hydrogen-bond donors (Lipinski definition) is 1. The molecule has 0 bridgehead atoms. The van der Waals surface area contributed by atoms with E-state index < -0.39 is 0 Å². The summed E-state index contributed by atoms with van der Waals surface area (Å²) >= 11 is 3.49. The van der Waals surface area contributed by atoms with Crippen molar-refractivity contribution in [1.82, 2.24) is 15.3 Å². The first-order valence-corrected chi connectivity index (χ1v) is 8.10. The van der Waals surface area contributed by atoms with Gasteiger partial charge in [-0.25, -0.2) is 9.97 Å². The number of nitrogens with zero attached hydrogens (tertiary/aromatic N) is 2. The largest absolute Gasteiger partial charge is 0.314 e. The lowest BCUT2D eigenvalue weighted by Crippen LogP contribution is -2.25. The van der Waals surface area contributed by atoms with Crippen molar-refractivity contribution in [3.63, 3.8) is 0 Å². The highest BCUT2D eigenvalue weighted by Gasteiger charge is 2.10. The predicted octanol–water partition coefficient (Wildman–Crippen LogP) is 4.06. The number of nitrogens with one attached hydrogen (secondary N) is 1. The van der Waals surface area contributed by atoms with E-state index in [0.717, 1.165) is 40.2 Å². The molecule has 0 saturated carbocycles. The van der Waals surface area contributed by atoms with E-state index in [9.17, 15) is 0 Å². The van der Waals surface area contributed by atoms with Crippen molar-refractivity contribution < 1.29 is 0 Å². The van der Waals surface area contributed by atoms with Gasteiger partial charge in [-0.2, -0.15) is 0 Å².